The molecule has 1 rings (SSSR count). The number of rotatable bonds is 7. The van der Waals surface area contributed by atoms with E-state index in [1.54, 1.807) is 0 Å². The van der Waals surface area contributed by atoms with E-state index in [0.29, 0.717) is 6.54 Å². The molecule has 1 aromatic carbocycles. The van der Waals surface area contributed by atoms with Gasteiger partial charge in [-0.15, -0.1) is 0 Å². The Morgan fingerprint density at radius 3 is 2.60 bits per heavy atom. The summed E-state index contributed by atoms with van der Waals surface area (Å²) in [5.74, 6) is 0.173. The first-order valence-corrected chi connectivity index (χ1v) is 5.63. The SMILES string of the molecule is CCCCCNCC(=O)c1ccccc1. The third-order valence-electron chi connectivity index (χ3n) is 2.34. The summed E-state index contributed by atoms with van der Waals surface area (Å²) in [6.07, 6.45) is 3.60. The fraction of sp³-hybridized carbons (Fsp3) is 0.462. The molecule has 1 aromatic rings. The number of carbonyl (C=O) groups excluding carboxylic acids is 1. The Morgan fingerprint density at radius 1 is 1.20 bits per heavy atom. The van der Waals surface area contributed by atoms with Crippen LogP contribution in [0.25, 0.3) is 0 Å². The number of carbonyl (C=O) groups is 1. The molecule has 2 nitrogen and oxygen atoms in total. The maximum absolute atomic E-state index is 11.6. The van der Waals surface area contributed by atoms with Crippen LogP contribution in [0.2, 0.25) is 0 Å². The summed E-state index contributed by atoms with van der Waals surface area (Å²) in [6.45, 7) is 3.56. The van der Waals surface area contributed by atoms with Crippen molar-refractivity contribution >= 4 is 5.78 Å². The topological polar surface area (TPSA) is 29.1 Å². The van der Waals surface area contributed by atoms with Gasteiger partial charge in [-0.25, -0.2) is 0 Å². The molecule has 0 bridgehead atoms. The fourth-order valence-corrected chi connectivity index (χ4v) is 1.43. The lowest BCUT2D eigenvalue weighted by molar-refractivity contribution is 0.0991. The van der Waals surface area contributed by atoms with Crippen LogP contribution in [-0.2, 0) is 0 Å². The Labute approximate surface area is 91.7 Å². The van der Waals surface area contributed by atoms with E-state index in [2.05, 4.69) is 12.2 Å². The van der Waals surface area contributed by atoms with Gasteiger partial charge in [0.05, 0.1) is 6.54 Å². The number of Topliss-reactive ketones (excluding diaryl/α,β-unsaturated/α-hetero) is 1. The largest absolute Gasteiger partial charge is 0.310 e. The normalized spacial score (nSPS) is 10.2. The van der Waals surface area contributed by atoms with Crippen molar-refractivity contribution in [2.45, 2.75) is 26.2 Å². The van der Waals surface area contributed by atoms with E-state index in [0.717, 1.165) is 18.5 Å². The molecule has 0 spiro atoms. The average Bonchev–Trinajstić information content (AvgIpc) is 2.30. The quantitative estimate of drug-likeness (QED) is 0.547. The highest BCUT2D eigenvalue weighted by Crippen LogP contribution is 1.99. The van der Waals surface area contributed by atoms with Crippen molar-refractivity contribution < 1.29 is 4.79 Å². The Bertz CT molecular complexity index is 282. The molecular formula is C13H19NO. The molecule has 82 valence electrons. The summed E-state index contributed by atoms with van der Waals surface area (Å²) >= 11 is 0. The molecule has 0 aliphatic carbocycles. The fourth-order valence-electron chi connectivity index (χ4n) is 1.43. The van der Waals surface area contributed by atoms with E-state index < -0.39 is 0 Å². The minimum absolute atomic E-state index is 0.173. The maximum atomic E-state index is 11.6. The van der Waals surface area contributed by atoms with E-state index in [1.165, 1.54) is 12.8 Å². The molecule has 0 radical (unpaired) electrons. The first kappa shape index (κ1) is 11.9. The van der Waals surface area contributed by atoms with Crippen molar-refractivity contribution in [3.63, 3.8) is 0 Å². The van der Waals surface area contributed by atoms with Gasteiger partial charge in [0.1, 0.15) is 0 Å². The Balaban J connectivity index is 2.20. The lowest BCUT2D eigenvalue weighted by Gasteiger charge is -2.03. The molecule has 0 aliphatic heterocycles. The standard InChI is InChI=1S/C13H19NO/c1-2-3-7-10-14-11-13(15)12-8-5-4-6-9-12/h4-6,8-9,14H,2-3,7,10-11H2,1H3. The van der Waals surface area contributed by atoms with Crippen molar-refractivity contribution in [3.8, 4) is 0 Å². The molecule has 2 heteroatoms. The van der Waals surface area contributed by atoms with E-state index in [-0.39, 0.29) is 5.78 Å². The summed E-state index contributed by atoms with van der Waals surface area (Å²) < 4.78 is 0. The predicted molar refractivity (Wildman–Crippen MR) is 63.2 cm³/mol. The summed E-state index contributed by atoms with van der Waals surface area (Å²) in [7, 11) is 0. The molecule has 0 saturated carbocycles. The Hall–Kier alpha value is -1.15. The van der Waals surface area contributed by atoms with E-state index in [9.17, 15) is 4.79 Å². The van der Waals surface area contributed by atoms with Crippen LogP contribution in [-0.4, -0.2) is 18.9 Å². The van der Waals surface area contributed by atoms with Crippen LogP contribution >= 0.6 is 0 Å². The third-order valence-corrected chi connectivity index (χ3v) is 2.34. The van der Waals surface area contributed by atoms with Crippen LogP contribution in [0.15, 0.2) is 30.3 Å². The molecule has 0 unspecified atom stereocenters. The van der Waals surface area contributed by atoms with Gasteiger partial charge in [0.25, 0.3) is 0 Å². The van der Waals surface area contributed by atoms with Gasteiger partial charge in [0.2, 0.25) is 0 Å². The lowest BCUT2D eigenvalue weighted by Crippen LogP contribution is -2.23. The summed E-state index contributed by atoms with van der Waals surface area (Å²) in [5.41, 5.74) is 0.792. The second-order valence-electron chi connectivity index (χ2n) is 3.67. The predicted octanol–water partition coefficient (Wildman–Crippen LogP) is 2.65. The van der Waals surface area contributed by atoms with Gasteiger partial charge in [0, 0.05) is 5.56 Å². The number of nitrogens with one attached hydrogen (secondary N) is 1. The van der Waals surface area contributed by atoms with Crippen LogP contribution in [0.1, 0.15) is 36.5 Å². The number of hydrogen-bond donors (Lipinski definition) is 1. The highest BCUT2D eigenvalue weighted by atomic mass is 16.1. The molecule has 0 amide bonds. The number of benzene rings is 1. The average molecular weight is 205 g/mol. The number of unbranched alkanes of at least 4 members (excludes halogenated alkanes) is 2. The van der Waals surface area contributed by atoms with Gasteiger partial charge in [-0.3, -0.25) is 4.79 Å². The smallest absolute Gasteiger partial charge is 0.176 e. The van der Waals surface area contributed by atoms with E-state index in [1.807, 2.05) is 30.3 Å². The number of hydrogen-bond acceptors (Lipinski definition) is 2. The third kappa shape index (κ3) is 4.75. The van der Waals surface area contributed by atoms with Gasteiger partial charge >= 0.3 is 0 Å². The second kappa shape index (κ2) is 7.18. The zero-order chi connectivity index (χ0) is 10.9. The first-order chi connectivity index (χ1) is 7.34. The van der Waals surface area contributed by atoms with Crippen molar-refractivity contribution in [2.24, 2.45) is 0 Å². The molecule has 0 aromatic heterocycles. The van der Waals surface area contributed by atoms with Crippen LogP contribution in [0.3, 0.4) is 0 Å². The van der Waals surface area contributed by atoms with Crippen LogP contribution in [0.5, 0.6) is 0 Å². The minimum Gasteiger partial charge on any atom is -0.310 e. The van der Waals surface area contributed by atoms with E-state index >= 15 is 0 Å². The van der Waals surface area contributed by atoms with Crippen molar-refractivity contribution in [2.75, 3.05) is 13.1 Å². The zero-order valence-corrected chi connectivity index (χ0v) is 9.33. The monoisotopic (exact) mass is 205 g/mol. The summed E-state index contributed by atoms with van der Waals surface area (Å²) in [4.78, 5) is 11.6. The molecule has 0 fully saturated rings. The maximum Gasteiger partial charge on any atom is 0.176 e. The highest BCUT2D eigenvalue weighted by Gasteiger charge is 2.02. The Morgan fingerprint density at radius 2 is 1.93 bits per heavy atom. The van der Waals surface area contributed by atoms with Gasteiger partial charge in [-0.1, -0.05) is 50.1 Å². The van der Waals surface area contributed by atoms with Crippen LogP contribution in [0.4, 0.5) is 0 Å². The van der Waals surface area contributed by atoms with Gasteiger partial charge < -0.3 is 5.32 Å². The summed E-state index contributed by atoms with van der Waals surface area (Å²) in [6, 6.07) is 9.42. The molecule has 0 atom stereocenters. The molecule has 1 N–H and O–H groups in total. The Kier molecular flexibility index (Phi) is 5.71. The summed E-state index contributed by atoms with van der Waals surface area (Å²) in [5, 5.41) is 3.17. The molecule has 0 aliphatic rings. The number of ketones is 1. The second-order valence-corrected chi connectivity index (χ2v) is 3.67. The molecular weight excluding hydrogens is 186 g/mol. The van der Waals surface area contributed by atoms with Gasteiger partial charge in [0.15, 0.2) is 5.78 Å². The van der Waals surface area contributed by atoms with Gasteiger partial charge in [-0.05, 0) is 13.0 Å². The van der Waals surface area contributed by atoms with Gasteiger partial charge in [-0.2, -0.15) is 0 Å². The molecule has 0 heterocycles. The van der Waals surface area contributed by atoms with Crippen molar-refractivity contribution in [1.82, 2.24) is 5.32 Å². The van der Waals surface area contributed by atoms with Crippen molar-refractivity contribution in [3.05, 3.63) is 35.9 Å². The minimum atomic E-state index is 0.173. The molecule has 15 heavy (non-hydrogen) atoms. The van der Waals surface area contributed by atoms with Crippen LogP contribution in [0, 0.1) is 0 Å². The highest BCUT2D eigenvalue weighted by molar-refractivity contribution is 5.97. The van der Waals surface area contributed by atoms with Crippen molar-refractivity contribution in [1.29, 1.82) is 0 Å². The lowest BCUT2D eigenvalue weighted by atomic mass is 10.1. The van der Waals surface area contributed by atoms with E-state index in [4.69, 9.17) is 0 Å². The van der Waals surface area contributed by atoms with Crippen LogP contribution < -0.4 is 5.32 Å². The zero-order valence-electron chi connectivity index (χ0n) is 9.33. The molecule has 0 saturated heterocycles. The first-order valence-electron chi connectivity index (χ1n) is 5.63.